The van der Waals surface area contributed by atoms with Gasteiger partial charge in [-0.05, 0) is 37.3 Å². The van der Waals surface area contributed by atoms with Gasteiger partial charge in [-0.2, -0.15) is 4.31 Å². The number of rotatable bonds is 7. The first-order valence-electron chi connectivity index (χ1n) is 8.39. The van der Waals surface area contributed by atoms with Crippen molar-refractivity contribution in [3.05, 3.63) is 41.4 Å². The van der Waals surface area contributed by atoms with Crippen molar-refractivity contribution in [1.82, 2.24) is 4.31 Å². The molecule has 1 N–H and O–H groups in total. The van der Waals surface area contributed by atoms with Crippen LogP contribution < -0.4 is 19.5 Å². The molecule has 0 saturated heterocycles. The minimum atomic E-state index is -3.99. The molecule has 1 aliphatic heterocycles. The molecular formula is C18H19ClN2O6S. The highest BCUT2D eigenvalue weighted by Crippen LogP contribution is 2.34. The molecule has 8 nitrogen and oxygen atoms in total. The van der Waals surface area contributed by atoms with Crippen LogP contribution in [-0.2, 0) is 14.8 Å². The predicted octanol–water partition coefficient (Wildman–Crippen LogP) is 2.73. The minimum Gasteiger partial charge on any atom is -0.492 e. The Hall–Kier alpha value is -2.49. The number of nitrogens with one attached hydrogen (secondary N) is 1. The second kappa shape index (κ2) is 8.26. The molecule has 28 heavy (non-hydrogen) atoms. The topological polar surface area (TPSA) is 94.2 Å². The van der Waals surface area contributed by atoms with E-state index in [4.69, 9.17) is 25.8 Å². The Bertz CT molecular complexity index is 996. The summed E-state index contributed by atoms with van der Waals surface area (Å²) < 4.78 is 42.6. The van der Waals surface area contributed by atoms with E-state index in [-0.39, 0.29) is 22.5 Å². The van der Waals surface area contributed by atoms with Gasteiger partial charge in [0, 0.05) is 23.8 Å². The molecule has 0 aliphatic carbocycles. The largest absolute Gasteiger partial charge is 0.492 e. The quantitative estimate of drug-likeness (QED) is 0.731. The SMILES string of the molecule is CCOc1ccc(Cl)cc1S(=O)(=O)N(C)CC(=O)Nc1ccc2c(c1)OCO2. The van der Waals surface area contributed by atoms with Gasteiger partial charge < -0.3 is 19.5 Å². The molecule has 0 spiro atoms. The van der Waals surface area contributed by atoms with Crippen molar-refractivity contribution in [2.24, 2.45) is 0 Å². The summed E-state index contributed by atoms with van der Waals surface area (Å²) in [5.41, 5.74) is 0.470. The molecule has 10 heteroatoms. The van der Waals surface area contributed by atoms with Crippen molar-refractivity contribution in [2.45, 2.75) is 11.8 Å². The molecule has 0 saturated carbocycles. The van der Waals surface area contributed by atoms with E-state index < -0.39 is 22.5 Å². The number of anilines is 1. The van der Waals surface area contributed by atoms with Crippen molar-refractivity contribution in [1.29, 1.82) is 0 Å². The Morgan fingerprint density at radius 1 is 1.21 bits per heavy atom. The maximum absolute atomic E-state index is 12.9. The number of likely N-dealkylation sites (N-methyl/N-ethyl adjacent to an activating group) is 1. The Morgan fingerprint density at radius 2 is 1.96 bits per heavy atom. The molecular weight excluding hydrogens is 408 g/mol. The number of amides is 1. The number of halogens is 1. The number of fused-ring (bicyclic) bond motifs is 1. The molecule has 0 fully saturated rings. The van der Waals surface area contributed by atoms with Crippen LogP contribution in [0.5, 0.6) is 17.2 Å². The first-order valence-corrected chi connectivity index (χ1v) is 10.2. The molecule has 150 valence electrons. The van der Waals surface area contributed by atoms with Gasteiger partial charge >= 0.3 is 0 Å². The lowest BCUT2D eigenvalue weighted by Crippen LogP contribution is -2.35. The van der Waals surface area contributed by atoms with Crippen LogP contribution in [0.25, 0.3) is 0 Å². The zero-order chi connectivity index (χ0) is 20.3. The number of hydrogen-bond donors (Lipinski definition) is 1. The number of sulfonamides is 1. The molecule has 0 radical (unpaired) electrons. The zero-order valence-corrected chi connectivity index (χ0v) is 16.8. The van der Waals surface area contributed by atoms with Crippen LogP contribution in [0.2, 0.25) is 5.02 Å². The van der Waals surface area contributed by atoms with Gasteiger partial charge in [0.25, 0.3) is 0 Å². The summed E-state index contributed by atoms with van der Waals surface area (Å²) in [7, 11) is -2.68. The van der Waals surface area contributed by atoms with E-state index in [0.717, 1.165) is 4.31 Å². The standard InChI is InChI=1S/C18H19ClN2O6S/c1-3-25-15-6-4-12(19)8-17(15)28(23,24)21(2)10-18(22)20-13-5-7-14-16(9-13)27-11-26-14/h4-9H,3,10-11H2,1-2H3,(H,20,22). The van der Waals surface area contributed by atoms with E-state index in [9.17, 15) is 13.2 Å². The Labute approximate surface area is 168 Å². The average molecular weight is 427 g/mol. The van der Waals surface area contributed by atoms with Crippen LogP contribution in [0.4, 0.5) is 5.69 Å². The first-order chi connectivity index (χ1) is 13.3. The first kappa shape index (κ1) is 20.2. The Balaban J connectivity index is 1.73. The summed E-state index contributed by atoms with van der Waals surface area (Å²) >= 11 is 5.95. The molecule has 0 bridgehead atoms. The van der Waals surface area contributed by atoms with Crippen molar-refractivity contribution < 1.29 is 27.4 Å². The lowest BCUT2D eigenvalue weighted by molar-refractivity contribution is -0.116. The molecule has 1 heterocycles. The molecule has 0 atom stereocenters. The van der Waals surface area contributed by atoms with E-state index >= 15 is 0 Å². The fourth-order valence-electron chi connectivity index (χ4n) is 2.59. The lowest BCUT2D eigenvalue weighted by atomic mass is 10.3. The normalized spacial score (nSPS) is 12.9. The van der Waals surface area contributed by atoms with Crippen molar-refractivity contribution in [3.63, 3.8) is 0 Å². The Morgan fingerprint density at radius 3 is 2.71 bits per heavy atom. The van der Waals surface area contributed by atoms with E-state index in [1.165, 1.54) is 25.2 Å². The van der Waals surface area contributed by atoms with Crippen LogP contribution in [-0.4, -0.2) is 45.6 Å². The van der Waals surface area contributed by atoms with Crippen LogP contribution in [0.15, 0.2) is 41.3 Å². The van der Waals surface area contributed by atoms with Crippen molar-refractivity contribution in [3.8, 4) is 17.2 Å². The van der Waals surface area contributed by atoms with Gasteiger partial charge in [0.2, 0.25) is 22.7 Å². The van der Waals surface area contributed by atoms with Crippen LogP contribution in [0.3, 0.4) is 0 Å². The highest BCUT2D eigenvalue weighted by molar-refractivity contribution is 7.89. The lowest BCUT2D eigenvalue weighted by Gasteiger charge is -2.19. The highest BCUT2D eigenvalue weighted by atomic mass is 35.5. The van der Waals surface area contributed by atoms with Gasteiger partial charge in [-0.15, -0.1) is 0 Å². The second-order valence-corrected chi connectivity index (χ2v) is 8.35. The van der Waals surface area contributed by atoms with Gasteiger partial charge in [0.05, 0.1) is 13.2 Å². The molecule has 1 aliphatic rings. The van der Waals surface area contributed by atoms with E-state index in [1.807, 2.05) is 0 Å². The number of ether oxygens (including phenoxy) is 3. The number of carbonyl (C=O) groups is 1. The summed E-state index contributed by atoms with van der Waals surface area (Å²) in [6.45, 7) is 1.76. The fourth-order valence-corrected chi connectivity index (χ4v) is 4.11. The molecule has 0 unspecified atom stereocenters. The number of benzene rings is 2. The van der Waals surface area contributed by atoms with Crippen molar-refractivity contribution >= 4 is 33.2 Å². The summed E-state index contributed by atoms with van der Waals surface area (Å²) in [5, 5.41) is 2.89. The molecule has 2 aromatic rings. The summed E-state index contributed by atoms with van der Waals surface area (Å²) in [4.78, 5) is 12.2. The maximum atomic E-state index is 12.9. The second-order valence-electron chi connectivity index (χ2n) is 5.90. The van der Waals surface area contributed by atoms with Crippen LogP contribution >= 0.6 is 11.6 Å². The average Bonchev–Trinajstić information content (AvgIpc) is 3.11. The Kier molecular flexibility index (Phi) is 5.97. The van der Waals surface area contributed by atoms with Gasteiger partial charge in [-0.1, -0.05) is 11.6 Å². The minimum absolute atomic E-state index is 0.0970. The zero-order valence-electron chi connectivity index (χ0n) is 15.3. The summed E-state index contributed by atoms with van der Waals surface area (Å²) in [6, 6.07) is 9.24. The molecule has 0 aromatic heterocycles. The number of nitrogens with zero attached hydrogens (tertiary/aromatic N) is 1. The van der Waals surface area contributed by atoms with Crippen molar-refractivity contribution in [2.75, 3.05) is 32.3 Å². The summed E-state index contributed by atoms with van der Waals surface area (Å²) in [6.07, 6.45) is 0. The van der Waals surface area contributed by atoms with Gasteiger partial charge in [0.1, 0.15) is 10.6 Å². The smallest absolute Gasteiger partial charge is 0.247 e. The third-order valence-electron chi connectivity index (χ3n) is 3.92. The van der Waals surface area contributed by atoms with Gasteiger partial charge in [-0.25, -0.2) is 8.42 Å². The number of hydrogen-bond acceptors (Lipinski definition) is 6. The van der Waals surface area contributed by atoms with E-state index in [2.05, 4.69) is 5.32 Å². The third-order valence-corrected chi connectivity index (χ3v) is 5.98. The van der Waals surface area contributed by atoms with Gasteiger partial charge in [0.15, 0.2) is 11.5 Å². The van der Waals surface area contributed by atoms with Crippen LogP contribution in [0.1, 0.15) is 6.92 Å². The van der Waals surface area contributed by atoms with E-state index in [0.29, 0.717) is 23.8 Å². The van der Waals surface area contributed by atoms with Crippen LogP contribution in [0, 0.1) is 0 Å². The van der Waals surface area contributed by atoms with E-state index in [1.54, 1.807) is 25.1 Å². The fraction of sp³-hybridized carbons (Fsp3) is 0.278. The molecule has 2 aromatic carbocycles. The number of carbonyl (C=O) groups excluding carboxylic acids is 1. The summed E-state index contributed by atoms with van der Waals surface area (Å²) in [5.74, 6) is 0.765. The van der Waals surface area contributed by atoms with Gasteiger partial charge in [-0.3, -0.25) is 4.79 Å². The maximum Gasteiger partial charge on any atom is 0.247 e. The third kappa shape index (κ3) is 4.32. The molecule has 3 rings (SSSR count). The predicted molar refractivity (Wildman–Crippen MR) is 104 cm³/mol. The molecule has 1 amide bonds. The monoisotopic (exact) mass is 426 g/mol. The highest BCUT2D eigenvalue weighted by Gasteiger charge is 2.27.